The summed E-state index contributed by atoms with van der Waals surface area (Å²) in [5, 5.41) is 19.1. The van der Waals surface area contributed by atoms with Gasteiger partial charge in [-0.3, -0.25) is 4.99 Å². The van der Waals surface area contributed by atoms with E-state index in [0.717, 1.165) is 33.6 Å². The Morgan fingerprint density at radius 1 is 0.732 bits per heavy atom. The predicted octanol–water partition coefficient (Wildman–Crippen LogP) is 6.67. The largest absolute Gasteiger partial charge is 0.427 e. The van der Waals surface area contributed by atoms with Crippen LogP contribution in [-0.4, -0.2) is 29.5 Å². The number of fused-ring (bicyclic) bond motifs is 2. The lowest BCUT2D eigenvalue weighted by molar-refractivity contribution is -0.0893. The minimum atomic E-state index is -0.967. The fourth-order valence-electron chi connectivity index (χ4n) is 5.20. The molecular formula is C36H35BN2O2. The molecule has 5 heteroatoms. The first-order valence-corrected chi connectivity index (χ1v) is 14.2. The van der Waals surface area contributed by atoms with Crippen LogP contribution in [0.5, 0.6) is 0 Å². The highest BCUT2D eigenvalue weighted by molar-refractivity contribution is 6.47. The summed E-state index contributed by atoms with van der Waals surface area (Å²) >= 11 is 0. The second-order valence-electron chi connectivity index (χ2n) is 11.8. The van der Waals surface area contributed by atoms with Gasteiger partial charge in [-0.15, -0.1) is 0 Å². The summed E-state index contributed by atoms with van der Waals surface area (Å²) < 4.78 is 6.18. The highest BCUT2D eigenvalue weighted by Crippen LogP contribution is 2.32. The minimum Gasteiger partial charge on any atom is -0.427 e. The Balaban J connectivity index is 1.43. The van der Waals surface area contributed by atoms with Gasteiger partial charge in [-0.25, -0.2) is 0 Å². The Morgan fingerprint density at radius 2 is 1.32 bits per heavy atom. The van der Waals surface area contributed by atoms with Crippen molar-refractivity contribution in [3.63, 3.8) is 0 Å². The molecular weight excluding hydrogens is 503 g/mol. The molecule has 4 nitrogen and oxygen atoms in total. The van der Waals surface area contributed by atoms with Crippen LogP contribution < -0.4 is 10.8 Å². The SMILES string of the molecule is CC(C)(O)C(C)(C)OBc1cccc(C2N=C(c3cccc4ccccc34)C=C(c3cccc4ccccc34)N2)c1. The summed E-state index contributed by atoms with van der Waals surface area (Å²) in [5.74, 6) is 0. The predicted molar refractivity (Wildman–Crippen MR) is 173 cm³/mol. The summed E-state index contributed by atoms with van der Waals surface area (Å²) in [7, 11) is 0.392. The normalized spacial score (nSPS) is 15.8. The maximum absolute atomic E-state index is 10.5. The van der Waals surface area contributed by atoms with E-state index in [4.69, 9.17) is 9.65 Å². The Bertz CT molecular complexity index is 1790. The van der Waals surface area contributed by atoms with E-state index in [1.807, 2.05) is 13.8 Å². The van der Waals surface area contributed by atoms with E-state index >= 15 is 0 Å². The van der Waals surface area contributed by atoms with Crippen LogP contribution in [0.2, 0.25) is 0 Å². The molecule has 41 heavy (non-hydrogen) atoms. The quantitative estimate of drug-likeness (QED) is 0.228. The summed E-state index contributed by atoms with van der Waals surface area (Å²) in [4.78, 5) is 5.27. The fraction of sp³-hybridized carbons (Fsp3) is 0.194. The zero-order valence-electron chi connectivity index (χ0n) is 24.1. The van der Waals surface area contributed by atoms with Crippen molar-refractivity contribution < 1.29 is 9.76 Å². The van der Waals surface area contributed by atoms with Crippen LogP contribution in [0.3, 0.4) is 0 Å². The first-order valence-electron chi connectivity index (χ1n) is 14.2. The highest BCUT2D eigenvalue weighted by atomic mass is 16.5. The van der Waals surface area contributed by atoms with Crippen molar-refractivity contribution in [3.05, 3.63) is 132 Å². The Kier molecular flexibility index (Phi) is 7.02. The molecule has 0 fully saturated rings. The maximum atomic E-state index is 10.5. The van der Waals surface area contributed by atoms with Gasteiger partial charge in [0.2, 0.25) is 0 Å². The van der Waals surface area contributed by atoms with Crippen LogP contribution in [0.25, 0.3) is 27.2 Å². The van der Waals surface area contributed by atoms with Crippen LogP contribution in [0.15, 0.2) is 120 Å². The summed E-state index contributed by atoms with van der Waals surface area (Å²) in [6, 6.07) is 38.2. The number of hydrogen-bond donors (Lipinski definition) is 2. The van der Waals surface area contributed by atoms with Crippen LogP contribution in [0.4, 0.5) is 0 Å². The standard InChI is InChI=1S/C36H35BN2O2/c1-35(2,40)36(3,4)41-37-27-17-9-16-26(22-27)34-38-32(30-20-10-14-24-12-5-7-18-28(24)30)23-33(39-34)31-21-11-15-25-13-6-8-19-29(25)31/h5-23,34,37-38,40H,1-4H3. The number of rotatable bonds is 7. The van der Waals surface area contributed by atoms with Gasteiger partial charge in [0.25, 0.3) is 0 Å². The molecule has 1 atom stereocenters. The van der Waals surface area contributed by atoms with Gasteiger partial charge >= 0.3 is 7.48 Å². The third-order valence-electron chi connectivity index (χ3n) is 8.33. The molecule has 5 aromatic rings. The molecule has 0 saturated heterocycles. The molecule has 1 unspecified atom stereocenters. The number of hydrogen-bond acceptors (Lipinski definition) is 4. The van der Waals surface area contributed by atoms with E-state index < -0.39 is 11.2 Å². The van der Waals surface area contributed by atoms with Crippen LogP contribution >= 0.6 is 0 Å². The van der Waals surface area contributed by atoms with E-state index in [2.05, 4.69) is 121 Å². The van der Waals surface area contributed by atoms with E-state index in [1.165, 1.54) is 21.5 Å². The molecule has 0 radical (unpaired) electrons. The highest BCUT2D eigenvalue weighted by Gasteiger charge is 2.35. The smallest absolute Gasteiger partial charge is 0.309 e. The molecule has 0 spiro atoms. The average molecular weight is 539 g/mol. The van der Waals surface area contributed by atoms with Crippen molar-refractivity contribution in [3.8, 4) is 0 Å². The Hall–Kier alpha value is -4.19. The van der Waals surface area contributed by atoms with E-state index in [9.17, 15) is 5.11 Å². The summed E-state index contributed by atoms with van der Waals surface area (Å²) in [5.41, 5.74) is 4.65. The van der Waals surface area contributed by atoms with Gasteiger partial charge in [0.1, 0.15) is 6.17 Å². The second kappa shape index (κ2) is 10.7. The summed E-state index contributed by atoms with van der Waals surface area (Å²) in [6.07, 6.45) is 1.89. The Morgan fingerprint density at radius 3 is 2.00 bits per heavy atom. The van der Waals surface area contributed by atoms with Gasteiger partial charge in [0, 0.05) is 16.8 Å². The number of nitrogens with one attached hydrogen (secondary N) is 1. The first-order chi connectivity index (χ1) is 19.7. The number of allylic oxidation sites excluding steroid dienone is 1. The van der Waals surface area contributed by atoms with Crippen molar-refractivity contribution in [2.24, 2.45) is 4.99 Å². The molecule has 0 saturated carbocycles. The monoisotopic (exact) mass is 538 g/mol. The molecule has 1 heterocycles. The van der Waals surface area contributed by atoms with E-state index in [-0.39, 0.29) is 6.17 Å². The molecule has 1 aliphatic rings. The molecule has 6 rings (SSSR count). The van der Waals surface area contributed by atoms with Gasteiger partial charge < -0.3 is 15.1 Å². The maximum Gasteiger partial charge on any atom is 0.309 e. The molecule has 0 aliphatic carbocycles. The number of benzene rings is 5. The van der Waals surface area contributed by atoms with Crippen LogP contribution in [0.1, 0.15) is 50.6 Å². The van der Waals surface area contributed by atoms with Crippen molar-refractivity contribution in [1.29, 1.82) is 0 Å². The lowest BCUT2D eigenvalue weighted by Crippen LogP contribution is -2.49. The average Bonchev–Trinajstić information content (AvgIpc) is 2.99. The summed E-state index contributed by atoms with van der Waals surface area (Å²) in [6.45, 7) is 7.39. The van der Waals surface area contributed by atoms with Crippen molar-refractivity contribution >= 4 is 45.9 Å². The molecule has 0 aromatic heterocycles. The molecule has 2 N–H and O–H groups in total. The zero-order chi connectivity index (χ0) is 28.6. The molecule has 204 valence electrons. The van der Waals surface area contributed by atoms with Crippen molar-refractivity contribution in [1.82, 2.24) is 5.32 Å². The molecule has 0 amide bonds. The fourth-order valence-corrected chi connectivity index (χ4v) is 5.20. The number of aliphatic imine (C=N–C) groups is 1. The van der Waals surface area contributed by atoms with Crippen LogP contribution in [0, 0.1) is 0 Å². The molecule has 5 aromatic carbocycles. The van der Waals surface area contributed by atoms with E-state index in [0.29, 0.717) is 7.48 Å². The number of nitrogens with zero attached hydrogens (tertiary/aromatic N) is 1. The number of aliphatic hydroxyl groups is 1. The van der Waals surface area contributed by atoms with Gasteiger partial charge in [-0.1, -0.05) is 115 Å². The van der Waals surface area contributed by atoms with Crippen molar-refractivity contribution in [2.75, 3.05) is 0 Å². The third kappa shape index (κ3) is 5.43. The zero-order valence-corrected chi connectivity index (χ0v) is 24.1. The van der Waals surface area contributed by atoms with E-state index in [1.54, 1.807) is 13.8 Å². The minimum absolute atomic E-state index is 0.287. The van der Waals surface area contributed by atoms with Gasteiger partial charge in [-0.2, -0.15) is 0 Å². The van der Waals surface area contributed by atoms with Gasteiger partial charge in [-0.05, 0) is 60.9 Å². The molecule has 0 bridgehead atoms. The van der Waals surface area contributed by atoms with Gasteiger partial charge in [0.15, 0.2) is 0 Å². The van der Waals surface area contributed by atoms with Crippen LogP contribution in [-0.2, 0) is 4.65 Å². The van der Waals surface area contributed by atoms with Crippen molar-refractivity contribution in [2.45, 2.75) is 45.1 Å². The topological polar surface area (TPSA) is 53.9 Å². The van der Waals surface area contributed by atoms with Gasteiger partial charge in [0.05, 0.1) is 16.9 Å². The second-order valence-corrected chi connectivity index (χ2v) is 11.8. The third-order valence-corrected chi connectivity index (χ3v) is 8.33. The lowest BCUT2D eigenvalue weighted by Gasteiger charge is -2.37. The lowest BCUT2D eigenvalue weighted by atomic mass is 9.82. The molecule has 1 aliphatic heterocycles. The Labute approximate surface area is 242 Å². The first kappa shape index (κ1) is 27.0.